The second-order valence-electron chi connectivity index (χ2n) is 4.87. The Hall–Kier alpha value is -0.580. The maximum absolute atomic E-state index is 5.73. The van der Waals surface area contributed by atoms with Crippen molar-refractivity contribution in [2.75, 3.05) is 26.3 Å². The molecule has 1 aliphatic heterocycles. The minimum Gasteiger partial charge on any atom is -0.492 e. The van der Waals surface area contributed by atoms with E-state index < -0.39 is 0 Å². The molecular formula is C15H22BrNO2. The van der Waals surface area contributed by atoms with Crippen LogP contribution < -0.4 is 10.1 Å². The molecule has 1 aromatic carbocycles. The van der Waals surface area contributed by atoms with Crippen LogP contribution in [0.2, 0.25) is 0 Å². The molecule has 2 rings (SSSR count). The van der Waals surface area contributed by atoms with E-state index in [-0.39, 0.29) is 6.10 Å². The Morgan fingerprint density at radius 2 is 2.37 bits per heavy atom. The van der Waals surface area contributed by atoms with Gasteiger partial charge in [0.15, 0.2) is 0 Å². The summed E-state index contributed by atoms with van der Waals surface area (Å²) in [6.45, 7) is 5.66. The fourth-order valence-corrected chi connectivity index (χ4v) is 2.67. The zero-order valence-electron chi connectivity index (χ0n) is 11.5. The number of ether oxygens (including phenoxy) is 2. The van der Waals surface area contributed by atoms with E-state index in [4.69, 9.17) is 9.47 Å². The predicted octanol–water partition coefficient (Wildman–Crippen LogP) is 3.16. The third kappa shape index (κ3) is 4.79. The molecule has 1 N–H and O–H groups in total. The third-order valence-corrected chi connectivity index (χ3v) is 3.84. The highest BCUT2D eigenvalue weighted by Gasteiger charge is 2.14. The number of rotatable bonds is 6. The van der Waals surface area contributed by atoms with Gasteiger partial charge in [-0.25, -0.2) is 0 Å². The molecule has 19 heavy (non-hydrogen) atoms. The minimum atomic E-state index is 0.285. The molecular weight excluding hydrogens is 306 g/mol. The first-order chi connectivity index (χ1) is 9.29. The molecule has 4 heteroatoms. The Morgan fingerprint density at radius 1 is 1.47 bits per heavy atom. The van der Waals surface area contributed by atoms with Gasteiger partial charge in [0, 0.05) is 13.1 Å². The van der Waals surface area contributed by atoms with Crippen LogP contribution in [0.4, 0.5) is 0 Å². The average Bonchev–Trinajstić information content (AvgIpc) is 2.43. The van der Waals surface area contributed by atoms with E-state index in [1.807, 2.05) is 6.07 Å². The van der Waals surface area contributed by atoms with Gasteiger partial charge in [-0.3, -0.25) is 0 Å². The van der Waals surface area contributed by atoms with Crippen molar-refractivity contribution in [2.45, 2.75) is 32.3 Å². The lowest BCUT2D eigenvalue weighted by atomic mass is 10.1. The lowest BCUT2D eigenvalue weighted by Crippen LogP contribution is -2.39. The smallest absolute Gasteiger partial charge is 0.133 e. The predicted molar refractivity (Wildman–Crippen MR) is 80.9 cm³/mol. The first-order valence-corrected chi connectivity index (χ1v) is 7.82. The van der Waals surface area contributed by atoms with Gasteiger partial charge < -0.3 is 14.8 Å². The highest BCUT2D eigenvalue weighted by Crippen LogP contribution is 2.27. The Labute approximate surface area is 123 Å². The number of halogens is 1. The van der Waals surface area contributed by atoms with Gasteiger partial charge >= 0.3 is 0 Å². The lowest BCUT2D eigenvalue weighted by molar-refractivity contribution is 0.0292. The summed E-state index contributed by atoms with van der Waals surface area (Å²) in [7, 11) is 0. The molecule has 1 fully saturated rings. The first kappa shape index (κ1) is 14.8. The van der Waals surface area contributed by atoms with Crippen molar-refractivity contribution in [1.29, 1.82) is 0 Å². The van der Waals surface area contributed by atoms with Crippen molar-refractivity contribution in [3.05, 3.63) is 28.2 Å². The lowest BCUT2D eigenvalue weighted by Gasteiger charge is -2.23. The topological polar surface area (TPSA) is 30.5 Å². The van der Waals surface area contributed by atoms with E-state index in [2.05, 4.69) is 40.3 Å². The van der Waals surface area contributed by atoms with Gasteiger partial charge in [-0.1, -0.05) is 19.4 Å². The highest BCUT2D eigenvalue weighted by molar-refractivity contribution is 9.10. The monoisotopic (exact) mass is 327 g/mol. The van der Waals surface area contributed by atoms with Crippen molar-refractivity contribution in [3.63, 3.8) is 0 Å². The normalized spacial score (nSPS) is 19.4. The first-order valence-electron chi connectivity index (χ1n) is 7.03. The number of unbranched alkanes of at least 4 members (excludes halogenated alkanes) is 1. The maximum Gasteiger partial charge on any atom is 0.133 e. The van der Waals surface area contributed by atoms with Crippen molar-refractivity contribution in [1.82, 2.24) is 5.32 Å². The quantitative estimate of drug-likeness (QED) is 0.814. The molecule has 0 spiro atoms. The molecule has 0 radical (unpaired) electrons. The molecule has 0 amide bonds. The van der Waals surface area contributed by atoms with Crippen LogP contribution >= 0.6 is 15.9 Å². The number of hydrogen-bond acceptors (Lipinski definition) is 3. The Bertz CT molecular complexity index is 392. The molecule has 1 unspecified atom stereocenters. The summed E-state index contributed by atoms with van der Waals surface area (Å²) in [5, 5.41) is 3.35. The van der Waals surface area contributed by atoms with Crippen LogP contribution in [-0.2, 0) is 11.2 Å². The summed E-state index contributed by atoms with van der Waals surface area (Å²) in [4.78, 5) is 0. The van der Waals surface area contributed by atoms with Gasteiger partial charge in [0.1, 0.15) is 5.75 Å². The molecule has 3 nitrogen and oxygen atoms in total. The summed E-state index contributed by atoms with van der Waals surface area (Å²) in [5.41, 5.74) is 1.28. The Kier molecular flexibility index (Phi) is 6.14. The van der Waals surface area contributed by atoms with Crippen LogP contribution in [0.1, 0.15) is 25.3 Å². The van der Waals surface area contributed by atoms with Crippen molar-refractivity contribution in [3.8, 4) is 5.75 Å². The molecule has 106 valence electrons. The summed E-state index contributed by atoms with van der Waals surface area (Å²) in [6, 6.07) is 6.31. The number of nitrogens with one attached hydrogen (secondary N) is 1. The summed E-state index contributed by atoms with van der Waals surface area (Å²) < 4.78 is 12.5. The number of morpholine rings is 1. The molecule has 1 atom stereocenters. The third-order valence-electron chi connectivity index (χ3n) is 3.22. The molecule has 0 aliphatic carbocycles. The van der Waals surface area contributed by atoms with Crippen LogP contribution in [0, 0.1) is 0 Å². The standard InChI is InChI=1S/C15H22BrNO2/c1-2-3-7-19-15-5-4-12(10-14(15)16)9-13-11-17-6-8-18-13/h4-5,10,13,17H,2-3,6-9,11H2,1H3. The van der Waals surface area contributed by atoms with E-state index >= 15 is 0 Å². The Morgan fingerprint density at radius 3 is 3.05 bits per heavy atom. The van der Waals surface area contributed by atoms with Crippen LogP contribution in [0.3, 0.4) is 0 Å². The van der Waals surface area contributed by atoms with Gasteiger partial charge in [-0.15, -0.1) is 0 Å². The second-order valence-corrected chi connectivity index (χ2v) is 5.72. The zero-order chi connectivity index (χ0) is 13.5. The van der Waals surface area contributed by atoms with Crippen molar-refractivity contribution >= 4 is 15.9 Å². The van der Waals surface area contributed by atoms with Crippen LogP contribution in [0.15, 0.2) is 22.7 Å². The Balaban J connectivity index is 1.90. The summed E-state index contributed by atoms with van der Waals surface area (Å²) in [5.74, 6) is 0.930. The molecule has 0 aromatic heterocycles. The largest absolute Gasteiger partial charge is 0.492 e. The molecule has 0 bridgehead atoms. The zero-order valence-corrected chi connectivity index (χ0v) is 13.0. The number of hydrogen-bond donors (Lipinski definition) is 1. The van der Waals surface area contributed by atoms with Gasteiger partial charge in [-0.2, -0.15) is 0 Å². The SMILES string of the molecule is CCCCOc1ccc(CC2CNCCO2)cc1Br. The minimum absolute atomic E-state index is 0.285. The van der Waals surface area contributed by atoms with E-state index in [1.165, 1.54) is 5.56 Å². The van der Waals surface area contributed by atoms with E-state index in [0.717, 1.165) is 55.8 Å². The molecule has 1 aliphatic rings. The van der Waals surface area contributed by atoms with Gasteiger partial charge in [0.2, 0.25) is 0 Å². The molecule has 1 aromatic rings. The van der Waals surface area contributed by atoms with Gasteiger partial charge in [0.25, 0.3) is 0 Å². The molecule has 1 saturated heterocycles. The van der Waals surface area contributed by atoms with Crippen LogP contribution in [0.5, 0.6) is 5.75 Å². The molecule has 0 saturated carbocycles. The van der Waals surface area contributed by atoms with Crippen molar-refractivity contribution < 1.29 is 9.47 Å². The highest BCUT2D eigenvalue weighted by atomic mass is 79.9. The fraction of sp³-hybridized carbons (Fsp3) is 0.600. The van der Waals surface area contributed by atoms with E-state index in [1.54, 1.807) is 0 Å². The van der Waals surface area contributed by atoms with Crippen LogP contribution in [-0.4, -0.2) is 32.4 Å². The maximum atomic E-state index is 5.73. The summed E-state index contributed by atoms with van der Waals surface area (Å²) in [6.07, 6.45) is 3.48. The number of benzene rings is 1. The fourth-order valence-electron chi connectivity index (χ4n) is 2.13. The van der Waals surface area contributed by atoms with Crippen molar-refractivity contribution in [2.24, 2.45) is 0 Å². The van der Waals surface area contributed by atoms with Gasteiger partial charge in [0.05, 0.1) is 23.8 Å². The molecule has 1 heterocycles. The van der Waals surface area contributed by atoms with E-state index in [9.17, 15) is 0 Å². The van der Waals surface area contributed by atoms with Gasteiger partial charge in [-0.05, 0) is 46.5 Å². The van der Waals surface area contributed by atoms with E-state index in [0.29, 0.717) is 0 Å². The van der Waals surface area contributed by atoms with Crippen LogP contribution in [0.25, 0.3) is 0 Å². The second kappa shape index (κ2) is 7.88. The summed E-state index contributed by atoms with van der Waals surface area (Å²) >= 11 is 3.58. The average molecular weight is 328 g/mol.